The molecule has 2 heteroatoms. The highest BCUT2D eigenvalue weighted by Crippen LogP contribution is 2.07. The second-order valence-corrected chi connectivity index (χ2v) is 4.87. The number of hydrogen-bond acceptors (Lipinski definition) is 1. The van der Waals surface area contributed by atoms with Crippen LogP contribution >= 0.6 is 0 Å². The summed E-state index contributed by atoms with van der Waals surface area (Å²) in [6.45, 7) is 4.70. The number of hydrogen-bond donors (Lipinski definition) is 1. The number of carbonyl (C=O) groups is 1. The summed E-state index contributed by atoms with van der Waals surface area (Å²) in [4.78, 5) is 11.9. The minimum atomic E-state index is 0.0621. The number of carbonyl (C=O) groups excluding carboxylic acids is 1. The first-order valence-electron chi connectivity index (χ1n) is 6.52. The van der Waals surface area contributed by atoms with Gasteiger partial charge >= 0.3 is 0 Å². The van der Waals surface area contributed by atoms with Gasteiger partial charge in [-0.15, -0.1) is 0 Å². The van der Waals surface area contributed by atoms with Crippen LogP contribution in [0, 0.1) is 13.8 Å². The molecule has 0 fully saturated rings. The fourth-order valence-electron chi connectivity index (χ4n) is 1.96. The van der Waals surface area contributed by atoms with Gasteiger partial charge in [0, 0.05) is 6.54 Å². The molecule has 0 saturated carbocycles. The first-order valence-corrected chi connectivity index (χ1v) is 6.52. The van der Waals surface area contributed by atoms with E-state index in [1.807, 2.05) is 49.4 Å². The molecule has 0 bridgehead atoms. The molecule has 0 aliphatic carbocycles. The molecule has 0 unspecified atom stereocenters. The Labute approximate surface area is 114 Å². The molecule has 0 radical (unpaired) electrons. The van der Waals surface area contributed by atoms with Crippen molar-refractivity contribution >= 4 is 5.91 Å². The van der Waals surface area contributed by atoms with Crippen LogP contribution in [0.4, 0.5) is 0 Å². The van der Waals surface area contributed by atoms with E-state index in [1.54, 1.807) is 0 Å². The second-order valence-electron chi connectivity index (χ2n) is 4.87. The molecule has 0 spiro atoms. The molecule has 0 aliphatic rings. The zero-order valence-electron chi connectivity index (χ0n) is 11.4. The molecule has 1 amide bonds. The van der Waals surface area contributed by atoms with Gasteiger partial charge in [-0.05, 0) is 30.5 Å². The SMILES string of the molecule is Cc1ccc(CC(=O)NCc2ccccc2C)cc1. The van der Waals surface area contributed by atoms with Gasteiger partial charge in [0.15, 0.2) is 0 Å². The summed E-state index contributed by atoms with van der Waals surface area (Å²) < 4.78 is 0. The van der Waals surface area contributed by atoms with Gasteiger partial charge in [-0.1, -0.05) is 54.1 Å². The van der Waals surface area contributed by atoms with Gasteiger partial charge in [-0.2, -0.15) is 0 Å². The lowest BCUT2D eigenvalue weighted by atomic mass is 10.1. The van der Waals surface area contributed by atoms with Crippen molar-refractivity contribution in [2.45, 2.75) is 26.8 Å². The predicted molar refractivity (Wildman–Crippen MR) is 77.9 cm³/mol. The predicted octanol–water partition coefficient (Wildman–Crippen LogP) is 3.16. The van der Waals surface area contributed by atoms with Crippen LogP contribution in [0.5, 0.6) is 0 Å². The van der Waals surface area contributed by atoms with Gasteiger partial charge < -0.3 is 5.32 Å². The molecular weight excluding hydrogens is 234 g/mol. The maximum Gasteiger partial charge on any atom is 0.224 e. The third-order valence-electron chi connectivity index (χ3n) is 3.22. The van der Waals surface area contributed by atoms with Crippen LogP contribution in [0.3, 0.4) is 0 Å². The van der Waals surface area contributed by atoms with E-state index in [0.29, 0.717) is 13.0 Å². The van der Waals surface area contributed by atoms with E-state index in [1.165, 1.54) is 16.7 Å². The van der Waals surface area contributed by atoms with Crippen molar-refractivity contribution < 1.29 is 4.79 Å². The van der Waals surface area contributed by atoms with Gasteiger partial charge in [0.05, 0.1) is 6.42 Å². The number of rotatable bonds is 4. The fourth-order valence-corrected chi connectivity index (χ4v) is 1.96. The lowest BCUT2D eigenvalue weighted by Crippen LogP contribution is -2.24. The molecule has 1 N–H and O–H groups in total. The highest BCUT2D eigenvalue weighted by molar-refractivity contribution is 5.78. The van der Waals surface area contributed by atoms with Crippen LogP contribution in [0.2, 0.25) is 0 Å². The van der Waals surface area contributed by atoms with Crippen LogP contribution in [-0.4, -0.2) is 5.91 Å². The number of benzene rings is 2. The normalized spacial score (nSPS) is 10.2. The van der Waals surface area contributed by atoms with Crippen LogP contribution in [-0.2, 0) is 17.8 Å². The van der Waals surface area contributed by atoms with Crippen molar-refractivity contribution in [1.29, 1.82) is 0 Å². The van der Waals surface area contributed by atoms with Crippen molar-refractivity contribution in [3.05, 3.63) is 70.8 Å². The van der Waals surface area contributed by atoms with Gasteiger partial charge in [-0.25, -0.2) is 0 Å². The molecule has 98 valence electrons. The van der Waals surface area contributed by atoms with Crippen molar-refractivity contribution in [1.82, 2.24) is 5.32 Å². The quantitative estimate of drug-likeness (QED) is 0.891. The lowest BCUT2D eigenvalue weighted by molar-refractivity contribution is -0.120. The third kappa shape index (κ3) is 3.95. The average molecular weight is 253 g/mol. The minimum absolute atomic E-state index is 0.0621. The summed E-state index contributed by atoms with van der Waals surface area (Å²) in [5.41, 5.74) is 4.63. The Kier molecular flexibility index (Phi) is 4.35. The van der Waals surface area contributed by atoms with E-state index in [-0.39, 0.29) is 5.91 Å². The minimum Gasteiger partial charge on any atom is -0.352 e. The highest BCUT2D eigenvalue weighted by atomic mass is 16.1. The Morgan fingerprint density at radius 3 is 2.37 bits per heavy atom. The largest absolute Gasteiger partial charge is 0.352 e. The van der Waals surface area contributed by atoms with E-state index in [9.17, 15) is 4.79 Å². The van der Waals surface area contributed by atoms with Gasteiger partial charge in [0.2, 0.25) is 5.91 Å². The molecule has 0 saturated heterocycles. The Morgan fingerprint density at radius 1 is 1.00 bits per heavy atom. The summed E-state index contributed by atoms with van der Waals surface area (Å²) in [7, 11) is 0. The summed E-state index contributed by atoms with van der Waals surface area (Å²) in [5, 5.41) is 2.96. The number of nitrogens with one attached hydrogen (secondary N) is 1. The maximum atomic E-state index is 11.9. The second kappa shape index (κ2) is 6.19. The van der Waals surface area contributed by atoms with E-state index >= 15 is 0 Å². The summed E-state index contributed by atoms with van der Waals surface area (Å²) in [6.07, 6.45) is 0.437. The molecule has 2 nitrogen and oxygen atoms in total. The van der Waals surface area contributed by atoms with Crippen molar-refractivity contribution in [3.8, 4) is 0 Å². The molecule has 0 aliphatic heterocycles. The first kappa shape index (κ1) is 13.3. The summed E-state index contributed by atoms with van der Waals surface area (Å²) in [6, 6.07) is 16.2. The molecular formula is C17H19NO. The Bertz CT molecular complexity index is 558. The standard InChI is InChI=1S/C17H19NO/c1-13-7-9-15(10-8-13)11-17(19)18-12-16-6-4-3-5-14(16)2/h3-10H,11-12H2,1-2H3,(H,18,19). The van der Waals surface area contributed by atoms with E-state index < -0.39 is 0 Å². The Hall–Kier alpha value is -2.09. The molecule has 2 aromatic carbocycles. The topological polar surface area (TPSA) is 29.1 Å². The molecule has 0 heterocycles. The molecule has 0 aromatic heterocycles. The van der Waals surface area contributed by atoms with E-state index in [2.05, 4.69) is 18.3 Å². The van der Waals surface area contributed by atoms with Crippen molar-refractivity contribution in [3.63, 3.8) is 0 Å². The van der Waals surface area contributed by atoms with Crippen LogP contribution in [0.25, 0.3) is 0 Å². The number of amides is 1. The van der Waals surface area contributed by atoms with Gasteiger partial charge in [-0.3, -0.25) is 4.79 Å². The average Bonchev–Trinajstić information content (AvgIpc) is 2.40. The lowest BCUT2D eigenvalue weighted by Gasteiger charge is -2.08. The number of aryl methyl sites for hydroxylation is 2. The fraction of sp³-hybridized carbons (Fsp3) is 0.235. The zero-order valence-corrected chi connectivity index (χ0v) is 11.4. The van der Waals surface area contributed by atoms with Gasteiger partial charge in [0.1, 0.15) is 0 Å². The third-order valence-corrected chi connectivity index (χ3v) is 3.22. The van der Waals surface area contributed by atoms with Crippen molar-refractivity contribution in [2.75, 3.05) is 0 Å². The summed E-state index contributed by atoms with van der Waals surface area (Å²) >= 11 is 0. The van der Waals surface area contributed by atoms with E-state index in [0.717, 1.165) is 5.56 Å². The monoisotopic (exact) mass is 253 g/mol. The van der Waals surface area contributed by atoms with Crippen LogP contribution < -0.4 is 5.32 Å². The zero-order chi connectivity index (χ0) is 13.7. The maximum absolute atomic E-state index is 11.9. The van der Waals surface area contributed by atoms with Crippen LogP contribution in [0.1, 0.15) is 22.3 Å². The van der Waals surface area contributed by atoms with E-state index in [4.69, 9.17) is 0 Å². The highest BCUT2D eigenvalue weighted by Gasteiger charge is 2.04. The molecule has 2 rings (SSSR count). The van der Waals surface area contributed by atoms with Gasteiger partial charge in [0.25, 0.3) is 0 Å². The molecule has 19 heavy (non-hydrogen) atoms. The molecule has 2 aromatic rings. The van der Waals surface area contributed by atoms with Crippen LogP contribution in [0.15, 0.2) is 48.5 Å². The Morgan fingerprint density at radius 2 is 1.68 bits per heavy atom. The first-order chi connectivity index (χ1) is 9.15. The Balaban J connectivity index is 1.88. The smallest absolute Gasteiger partial charge is 0.224 e. The molecule has 0 atom stereocenters. The van der Waals surface area contributed by atoms with Crippen molar-refractivity contribution in [2.24, 2.45) is 0 Å². The summed E-state index contributed by atoms with van der Waals surface area (Å²) in [5.74, 6) is 0.0621.